The molecular weight excluding hydrogens is 466 g/mol. The van der Waals surface area contributed by atoms with Gasteiger partial charge in [-0.15, -0.1) is 0 Å². The van der Waals surface area contributed by atoms with Crippen LogP contribution in [0.3, 0.4) is 0 Å². The van der Waals surface area contributed by atoms with E-state index < -0.39 is 0 Å². The summed E-state index contributed by atoms with van der Waals surface area (Å²) in [5.41, 5.74) is 4.03. The van der Waals surface area contributed by atoms with E-state index in [0.717, 1.165) is 119 Å². The first-order valence-corrected chi connectivity index (χ1v) is 13.7. The van der Waals surface area contributed by atoms with Crippen molar-refractivity contribution in [1.29, 1.82) is 0 Å². The lowest BCUT2D eigenvalue weighted by atomic mass is 9.84. The maximum Gasteiger partial charge on any atom is 0.149 e. The van der Waals surface area contributed by atoms with E-state index in [9.17, 15) is 0 Å². The van der Waals surface area contributed by atoms with Gasteiger partial charge in [0.15, 0.2) is 0 Å². The molecule has 0 N–H and O–H groups in total. The van der Waals surface area contributed by atoms with Crippen molar-refractivity contribution in [3.8, 4) is 5.75 Å². The Hall–Kier alpha value is -3.04. The number of morpholine rings is 1. The second-order valence-electron chi connectivity index (χ2n) is 10.6. The Labute approximate surface area is 218 Å². The number of hydrogen-bond acceptors (Lipinski definition) is 9. The van der Waals surface area contributed by atoms with E-state index in [2.05, 4.69) is 59.9 Å². The fourth-order valence-electron chi connectivity index (χ4n) is 5.76. The van der Waals surface area contributed by atoms with E-state index in [1.54, 1.807) is 18.7 Å². The van der Waals surface area contributed by atoms with Crippen molar-refractivity contribution in [3.05, 3.63) is 42.6 Å². The molecule has 1 aliphatic carbocycles. The topological polar surface area (TPSA) is 79.7 Å². The molecule has 9 heteroatoms. The lowest BCUT2D eigenvalue weighted by Crippen LogP contribution is -2.44. The molecule has 3 fully saturated rings. The molecule has 196 valence electrons. The summed E-state index contributed by atoms with van der Waals surface area (Å²) in [6.07, 6.45) is 10.8. The van der Waals surface area contributed by atoms with Crippen LogP contribution in [-0.2, 0) is 11.2 Å². The molecular formula is C28H37N7O2. The molecule has 1 aromatic carbocycles. The zero-order valence-electron chi connectivity index (χ0n) is 21.8. The number of ether oxygens (including phenoxy) is 2. The van der Waals surface area contributed by atoms with Gasteiger partial charge >= 0.3 is 0 Å². The van der Waals surface area contributed by atoms with Crippen LogP contribution in [0.4, 0.5) is 11.5 Å². The molecule has 2 aromatic heterocycles. The van der Waals surface area contributed by atoms with Gasteiger partial charge in [-0.2, -0.15) is 0 Å². The summed E-state index contributed by atoms with van der Waals surface area (Å²) in [4.78, 5) is 25.4. The molecule has 6 rings (SSSR count). The Balaban J connectivity index is 1.08. The Morgan fingerprint density at radius 3 is 2.43 bits per heavy atom. The monoisotopic (exact) mass is 503 g/mol. The second-order valence-corrected chi connectivity index (χ2v) is 10.6. The highest BCUT2D eigenvalue weighted by Crippen LogP contribution is 2.34. The van der Waals surface area contributed by atoms with Gasteiger partial charge in [0.05, 0.1) is 24.8 Å². The minimum absolute atomic E-state index is 0.202. The highest BCUT2D eigenvalue weighted by Gasteiger charge is 2.25. The smallest absolute Gasteiger partial charge is 0.149 e. The quantitative estimate of drug-likeness (QED) is 0.504. The van der Waals surface area contributed by atoms with E-state index in [1.807, 2.05) is 0 Å². The van der Waals surface area contributed by atoms with Crippen LogP contribution in [0.2, 0.25) is 0 Å². The van der Waals surface area contributed by atoms with Gasteiger partial charge in [0.2, 0.25) is 0 Å². The van der Waals surface area contributed by atoms with Gasteiger partial charge in [-0.25, -0.2) is 15.0 Å². The molecule has 2 aliphatic heterocycles. The first-order chi connectivity index (χ1) is 18.2. The van der Waals surface area contributed by atoms with Crippen molar-refractivity contribution in [3.63, 3.8) is 0 Å². The first-order valence-electron chi connectivity index (χ1n) is 13.7. The maximum atomic E-state index is 6.61. The third-order valence-corrected chi connectivity index (χ3v) is 8.02. The molecule has 3 aromatic rings. The third kappa shape index (κ3) is 5.78. The van der Waals surface area contributed by atoms with Crippen LogP contribution in [0.15, 0.2) is 36.9 Å². The van der Waals surface area contributed by atoms with Crippen molar-refractivity contribution in [1.82, 2.24) is 24.8 Å². The predicted molar refractivity (Wildman–Crippen MR) is 144 cm³/mol. The molecule has 1 saturated carbocycles. The van der Waals surface area contributed by atoms with Crippen LogP contribution < -0.4 is 14.5 Å². The molecule has 0 unspecified atom stereocenters. The number of nitrogens with zero attached hydrogens (tertiary/aromatic N) is 7. The SMILES string of the molecule is CN1CCN(c2cc(CC3CCC(Oc4cc(N5CCOCC5)cc5nccnc45)CC3)ncn2)CC1. The molecule has 37 heavy (non-hydrogen) atoms. The number of aromatic nitrogens is 4. The Kier molecular flexibility index (Phi) is 7.32. The Morgan fingerprint density at radius 1 is 0.838 bits per heavy atom. The third-order valence-electron chi connectivity index (χ3n) is 8.02. The Bertz CT molecular complexity index is 1190. The summed E-state index contributed by atoms with van der Waals surface area (Å²) in [5, 5.41) is 0. The van der Waals surface area contributed by atoms with Gasteiger partial charge in [0, 0.05) is 75.2 Å². The second kappa shape index (κ2) is 11.1. The van der Waals surface area contributed by atoms with Gasteiger partial charge in [0.25, 0.3) is 0 Å². The molecule has 0 radical (unpaired) electrons. The highest BCUT2D eigenvalue weighted by atomic mass is 16.5. The number of hydrogen-bond donors (Lipinski definition) is 0. The molecule has 0 spiro atoms. The van der Waals surface area contributed by atoms with E-state index in [0.29, 0.717) is 5.92 Å². The van der Waals surface area contributed by atoms with E-state index >= 15 is 0 Å². The maximum absolute atomic E-state index is 6.61. The van der Waals surface area contributed by atoms with Crippen LogP contribution in [0.25, 0.3) is 11.0 Å². The summed E-state index contributed by atoms with van der Waals surface area (Å²) in [7, 11) is 2.18. The number of piperazine rings is 1. The van der Waals surface area contributed by atoms with Gasteiger partial charge in [0.1, 0.15) is 23.4 Å². The average molecular weight is 504 g/mol. The zero-order chi connectivity index (χ0) is 25.0. The van der Waals surface area contributed by atoms with Crippen LogP contribution in [-0.4, -0.2) is 90.5 Å². The zero-order valence-corrected chi connectivity index (χ0v) is 21.8. The molecule has 0 atom stereocenters. The largest absolute Gasteiger partial charge is 0.488 e. The lowest BCUT2D eigenvalue weighted by Gasteiger charge is -2.33. The van der Waals surface area contributed by atoms with E-state index in [1.165, 1.54) is 0 Å². The minimum Gasteiger partial charge on any atom is -0.488 e. The van der Waals surface area contributed by atoms with Crippen LogP contribution in [0, 0.1) is 5.92 Å². The summed E-state index contributed by atoms with van der Waals surface area (Å²) in [6.45, 7) is 7.50. The first kappa shape index (κ1) is 24.3. The highest BCUT2D eigenvalue weighted by molar-refractivity contribution is 5.85. The summed E-state index contributed by atoms with van der Waals surface area (Å²) in [6, 6.07) is 6.47. The molecule has 9 nitrogen and oxygen atoms in total. The normalized spacial score (nSPS) is 23.4. The molecule has 2 saturated heterocycles. The number of likely N-dealkylation sites (N-methyl/N-ethyl adjacent to an activating group) is 1. The van der Waals surface area contributed by atoms with Crippen LogP contribution in [0.1, 0.15) is 31.4 Å². The summed E-state index contributed by atoms with van der Waals surface area (Å²) >= 11 is 0. The van der Waals surface area contributed by atoms with Gasteiger partial charge in [-0.05, 0) is 51.1 Å². The summed E-state index contributed by atoms with van der Waals surface area (Å²) in [5.74, 6) is 2.55. The fraction of sp³-hybridized carbons (Fsp3) is 0.571. The molecule has 4 heterocycles. The lowest BCUT2D eigenvalue weighted by molar-refractivity contribution is 0.122. The number of anilines is 2. The van der Waals surface area contributed by atoms with Gasteiger partial charge in [-0.1, -0.05) is 0 Å². The number of benzene rings is 1. The number of fused-ring (bicyclic) bond motifs is 1. The molecule has 3 aliphatic rings. The predicted octanol–water partition coefficient (Wildman–Crippen LogP) is 3.19. The van der Waals surface area contributed by atoms with E-state index in [-0.39, 0.29) is 6.10 Å². The average Bonchev–Trinajstić information content (AvgIpc) is 2.95. The van der Waals surface area contributed by atoms with Crippen molar-refractivity contribution < 1.29 is 9.47 Å². The van der Waals surface area contributed by atoms with E-state index in [4.69, 9.17) is 9.47 Å². The van der Waals surface area contributed by atoms with Crippen molar-refractivity contribution in [2.45, 2.75) is 38.2 Å². The van der Waals surface area contributed by atoms with Crippen LogP contribution >= 0.6 is 0 Å². The summed E-state index contributed by atoms with van der Waals surface area (Å²) < 4.78 is 12.2. The fourth-order valence-corrected chi connectivity index (χ4v) is 5.76. The Morgan fingerprint density at radius 2 is 1.62 bits per heavy atom. The van der Waals surface area contributed by atoms with Crippen molar-refractivity contribution >= 4 is 22.5 Å². The minimum atomic E-state index is 0.202. The van der Waals surface area contributed by atoms with Crippen LogP contribution in [0.5, 0.6) is 5.75 Å². The standard InChI is InChI=1S/C28H37N7O2/c1-33-8-10-35(11-9-33)27-17-22(31-20-32-27)16-21-2-4-24(5-3-21)37-26-19-23(34-12-14-36-15-13-34)18-25-28(26)30-7-6-29-25/h6-7,17-21,24H,2-5,8-16H2,1H3. The molecule has 0 amide bonds. The van der Waals surface area contributed by atoms with Crippen molar-refractivity contribution in [2.75, 3.05) is 69.3 Å². The number of rotatable bonds is 6. The van der Waals surface area contributed by atoms with Gasteiger partial charge in [-0.3, -0.25) is 4.98 Å². The van der Waals surface area contributed by atoms with Gasteiger partial charge < -0.3 is 24.2 Å². The molecule has 0 bridgehead atoms. The van der Waals surface area contributed by atoms with Crippen molar-refractivity contribution in [2.24, 2.45) is 5.92 Å².